The second-order valence-electron chi connectivity index (χ2n) is 3.45. The molecule has 0 atom stereocenters. The third-order valence-electron chi connectivity index (χ3n) is 2.34. The number of hydrogen-bond donors (Lipinski definition) is 2. The van der Waals surface area contributed by atoms with Crippen LogP contribution in [0.15, 0.2) is 24.5 Å². The zero-order chi connectivity index (χ0) is 10.7. The summed E-state index contributed by atoms with van der Waals surface area (Å²) in [5, 5.41) is 7.02. The molecule has 0 amide bonds. The second kappa shape index (κ2) is 4.13. The van der Waals surface area contributed by atoms with Gasteiger partial charge in [-0.05, 0) is 24.1 Å². The molecule has 0 saturated carbocycles. The monoisotopic (exact) mass is 202 g/mol. The molecule has 0 unspecified atom stereocenters. The van der Waals surface area contributed by atoms with E-state index in [1.165, 1.54) is 0 Å². The SMILES string of the molecule is CCCc1[nH]nc(N)c1-c1ccncc1. The molecule has 0 bridgehead atoms. The van der Waals surface area contributed by atoms with Gasteiger partial charge in [-0.3, -0.25) is 10.1 Å². The summed E-state index contributed by atoms with van der Waals surface area (Å²) in [6.45, 7) is 2.13. The normalized spacial score (nSPS) is 10.5. The summed E-state index contributed by atoms with van der Waals surface area (Å²) in [7, 11) is 0. The lowest BCUT2D eigenvalue weighted by Crippen LogP contribution is -1.90. The number of aryl methyl sites for hydroxylation is 1. The van der Waals surface area contributed by atoms with Crippen molar-refractivity contribution in [2.24, 2.45) is 0 Å². The third-order valence-corrected chi connectivity index (χ3v) is 2.34. The summed E-state index contributed by atoms with van der Waals surface area (Å²) < 4.78 is 0. The van der Waals surface area contributed by atoms with Crippen LogP contribution >= 0.6 is 0 Å². The number of hydrogen-bond acceptors (Lipinski definition) is 3. The molecule has 3 N–H and O–H groups in total. The van der Waals surface area contributed by atoms with E-state index in [1.54, 1.807) is 12.4 Å². The summed E-state index contributed by atoms with van der Waals surface area (Å²) >= 11 is 0. The van der Waals surface area contributed by atoms with Crippen molar-refractivity contribution < 1.29 is 0 Å². The predicted molar refractivity (Wildman–Crippen MR) is 60.2 cm³/mol. The predicted octanol–water partition coefficient (Wildman–Crippen LogP) is 2.01. The van der Waals surface area contributed by atoms with E-state index in [9.17, 15) is 0 Å². The lowest BCUT2D eigenvalue weighted by atomic mass is 10.0. The van der Waals surface area contributed by atoms with Crippen LogP contribution in [-0.2, 0) is 6.42 Å². The minimum Gasteiger partial charge on any atom is -0.382 e. The van der Waals surface area contributed by atoms with Crippen molar-refractivity contribution in [2.75, 3.05) is 5.73 Å². The molecule has 15 heavy (non-hydrogen) atoms. The number of nitrogens with zero attached hydrogens (tertiary/aromatic N) is 2. The van der Waals surface area contributed by atoms with Crippen LogP contribution in [0.25, 0.3) is 11.1 Å². The van der Waals surface area contributed by atoms with Crippen molar-refractivity contribution in [3.8, 4) is 11.1 Å². The zero-order valence-electron chi connectivity index (χ0n) is 8.70. The Labute approximate surface area is 88.5 Å². The molecule has 0 fully saturated rings. The molecule has 0 aliphatic heterocycles. The molecule has 0 aromatic carbocycles. The molecule has 0 aliphatic carbocycles. The first-order chi connectivity index (χ1) is 7.33. The van der Waals surface area contributed by atoms with Crippen molar-refractivity contribution in [2.45, 2.75) is 19.8 Å². The number of H-pyrrole nitrogens is 1. The topological polar surface area (TPSA) is 67.6 Å². The number of pyridine rings is 1. The van der Waals surface area contributed by atoms with E-state index >= 15 is 0 Å². The average Bonchev–Trinajstić information content (AvgIpc) is 2.62. The van der Waals surface area contributed by atoms with Gasteiger partial charge in [0.25, 0.3) is 0 Å². The van der Waals surface area contributed by atoms with Gasteiger partial charge in [-0.15, -0.1) is 0 Å². The molecular formula is C11H14N4. The minimum atomic E-state index is 0.560. The lowest BCUT2D eigenvalue weighted by Gasteiger charge is -2.02. The smallest absolute Gasteiger partial charge is 0.153 e. The molecule has 0 radical (unpaired) electrons. The number of aromatic amines is 1. The first-order valence-electron chi connectivity index (χ1n) is 5.06. The van der Waals surface area contributed by atoms with Crippen molar-refractivity contribution in [3.05, 3.63) is 30.2 Å². The van der Waals surface area contributed by atoms with Gasteiger partial charge in [-0.1, -0.05) is 13.3 Å². The zero-order valence-corrected chi connectivity index (χ0v) is 8.70. The molecule has 78 valence electrons. The van der Waals surface area contributed by atoms with Crippen molar-refractivity contribution in [3.63, 3.8) is 0 Å². The van der Waals surface area contributed by atoms with E-state index in [4.69, 9.17) is 5.73 Å². The Morgan fingerprint density at radius 2 is 2.07 bits per heavy atom. The van der Waals surface area contributed by atoms with Crippen LogP contribution in [0.2, 0.25) is 0 Å². The van der Waals surface area contributed by atoms with Crippen molar-refractivity contribution in [1.29, 1.82) is 0 Å². The molecule has 0 spiro atoms. The molecule has 0 aliphatic rings. The van der Waals surface area contributed by atoms with Crippen LogP contribution in [0.3, 0.4) is 0 Å². The standard InChI is InChI=1S/C11H14N4/c1-2-3-9-10(11(12)15-14-9)8-4-6-13-7-5-8/h4-7H,2-3H2,1H3,(H3,12,14,15). The highest BCUT2D eigenvalue weighted by Crippen LogP contribution is 2.27. The summed E-state index contributed by atoms with van der Waals surface area (Å²) in [6, 6.07) is 3.89. The third kappa shape index (κ3) is 1.83. The van der Waals surface area contributed by atoms with Crippen LogP contribution in [0, 0.1) is 0 Å². The summed E-state index contributed by atoms with van der Waals surface area (Å²) in [5.74, 6) is 0.560. The quantitative estimate of drug-likeness (QED) is 0.800. The summed E-state index contributed by atoms with van der Waals surface area (Å²) in [4.78, 5) is 3.99. The van der Waals surface area contributed by atoms with Gasteiger partial charge < -0.3 is 5.73 Å². The van der Waals surface area contributed by atoms with E-state index in [1.807, 2.05) is 12.1 Å². The Hall–Kier alpha value is -1.84. The molecule has 4 heteroatoms. The fourth-order valence-electron chi connectivity index (χ4n) is 1.67. The molecule has 2 aromatic rings. The van der Waals surface area contributed by atoms with E-state index in [0.29, 0.717) is 5.82 Å². The fraction of sp³-hybridized carbons (Fsp3) is 0.273. The number of rotatable bonds is 3. The van der Waals surface area contributed by atoms with Gasteiger partial charge in [0.2, 0.25) is 0 Å². The van der Waals surface area contributed by atoms with Crippen LogP contribution < -0.4 is 5.73 Å². The Morgan fingerprint density at radius 1 is 1.33 bits per heavy atom. The van der Waals surface area contributed by atoms with Gasteiger partial charge in [0.15, 0.2) is 5.82 Å². The fourth-order valence-corrected chi connectivity index (χ4v) is 1.67. The molecule has 0 saturated heterocycles. The maximum Gasteiger partial charge on any atom is 0.153 e. The van der Waals surface area contributed by atoms with E-state index < -0.39 is 0 Å². The molecule has 2 heterocycles. The molecular weight excluding hydrogens is 188 g/mol. The molecule has 2 aromatic heterocycles. The highest BCUT2D eigenvalue weighted by Gasteiger charge is 2.11. The summed E-state index contributed by atoms with van der Waals surface area (Å²) in [6.07, 6.45) is 5.55. The molecule has 2 rings (SSSR count). The van der Waals surface area contributed by atoms with Gasteiger partial charge in [-0.2, -0.15) is 5.10 Å². The average molecular weight is 202 g/mol. The highest BCUT2D eigenvalue weighted by atomic mass is 15.2. The maximum absolute atomic E-state index is 5.84. The van der Waals surface area contributed by atoms with Gasteiger partial charge in [-0.25, -0.2) is 0 Å². The Morgan fingerprint density at radius 3 is 2.73 bits per heavy atom. The number of anilines is 1. The van der Waals surface area contributed by atoms with E-state index in [-0.39, 0.29) is 0 Å². The first-order valence-corrected chi connectivity index (χ1v) is 5.06. The molecule has 4 nitrogen and oxygen atoms in total. The largest absolute Gasteiger partial charge is 0.382 e. The number of nitrogens with one attached hydrogen (secondary N) is 1. The highest BCUT2D eigenvalue weighted by molar-refractivity contribution is 5.75. The second-order valence-corrected chi connectivity index (χ2v) is 3.45. The van der Waals surface area contributed by atoms with Gasteiger partial charge in [0.05, 0.1) is 0 Å². The van der Waals surface area contributed by atoms with E-state index in [0.717, 1.165) is 29.7 Å². The Kier molecular flexibility index (Phi) is 2.67. The Bertz CT molecular complexity index is 433. The lowest BCUT2D eigenvalue weighted by molar-refractivity contribution is 0.869. The maximum atomic E-state index is 5.84. The number of nitrogen functional groups attached to an aromatic ring is 1. The van der Waals surface area contributed by atoms with Crippen LogP contribution in [0.1, 0.15) is 19.0 Å². The van der Waals surface area contributed by atoms with Gasteiger partial charge >= 0.3 is 0 Å². The van der Waals surface area contributed by atoms with E-state index in [2.05, 4.69) is 22.1 Å². The number of nitrogens with two attached hydrogens (primary N) is 1. The van der Waals surface area contributed by atoms with Crippen molar-refractivity contribution >= 4 is 5.82 Å². The first kappa shape index (κ1) is 9.71. The van der Waals surface area contributed by atoms with Crippen LogP contribution in [0.5, 0.6) is 0 Å². The summed E-state index contributed by atoms with van der Waals surface area (Å²) in [5.41, 5.74) is 9.02. The van der Waals surface area contributed by atoms with Gasteiger partial charge in [0, 0.05) is 23.7 Å². The minimum absolute atomic E-state index is 0.560. The van der Waals surface area contributed by atoms with Gasteiger partial charge in [0.1, 0.15) is 0 Å². The Balaban J connectivity index is 2.47. The van der Waals surface area contributed by atoms with Crippen molar-refractivity contribution in [1.82, 2.24) is 15.2 Å². The number of aromatic nitrogens is 3. The van der Waals surface area contributed by atoms with Crippen LogP contribution in [0.4, 0.5) is 5.82 Å². The van der Waals surface area contributed by atoms with Crippen LogP contribution in [-0.4, -0.2) is 15.2 Å².